The average molecular weight is 476 g/mol. The van der Waals surface area contributed by atoms with Crippen molar-refractivity contribution >= 4 is 40.0 Å². The minimum atomic E-state index is -0.170. The number of nitrogens with one attached hydrogen (secondary N) is 1. The van der Waals surface area contributed by atoms with Gasteiger partial charge in [-0.05, 0) is 47.7 Å². The van der Waals surface area contributed by atoms with E-state index in [1.54, 1.807) is 11.3 Å². The monoisotopic (exact) mass is 475 g/mol. The largest absolute Gasteiger partial charge is 0.367 e. The molecule has 0 radical (unpaired) electrons. The summed E-state index contributed by atoms with van der Waals surface area (Å²) in [5.74, 6) is -0.170. The van der Waals surface area contributed by atoms with Crippen LogP contribution >= 0.6 is 22.7 Å². The third kappa shape index (κ3) is 5.30. The zero-order valence-corrected chi connectivity index (χ0v) is 19.8. The highest BCUT2D eigenvalue weighted by atomic mass is 32.1. The quantitative estimate of drug-likeness (QED) is 0.413. The first-order chi connectivity index (χ1) is 16.3. The van der Waals surface area contributed by atoms with Gasteiger partial charge >= 0.3 is 0 Å². The number of hydrogen-bond acceptors (Lipinski definition) is 7. The van der Waals surface area contributed by atoms with Crippen LogP contribution in [0.15, 0.2) is 71.0 Å². The fraction of sp³-hybridized carbons (Fsp3) is 0.240. The van der Waals surface area contributed by atoms with Crippen LogP contribution in [0.1, 0.15) is 16.1 Å². The SMILES string of the molecule is O=C(Nc1ccccc1N1CCN(CCc2ccncc2)CC1)c1csc(-c2ccsc2)n1. The molecule has 6 nitrogen and oxygen atoms in total. The number of rotatable bonds is 7. The molecule has 0 spiro atoms. The van der Waals surface area contributed by atoms with Crippen molar-refractivity contribution in [2.24, 2.45) is 0 Å². The molecular formula is C25H25N5OS2. The highest BCUT2D eigenvalue weighted by Gasteiger charge is 2.20. The number of hydrogen-bond donors (Lipinski definition) is 1. The van der Waals surface area contributed by atoms with Gasteiger partial charge in [0.05, 0.1) is 11.4 Å². The van der Waals surface area contributed by atoms with Gasteiger partial charge in [-0.3, -0.25) is 14.7 Å². The van der Waals surface area contributed by atoms with E-state index in [2.05, 4.69) is 43.3 Å². The maximum absolute atomic E-state index is 12.9. The molecule has 1 aliphatic heterocycles. The molecule has 5 rings (SSSR count). The Bertz CT molecular complexity index is 1180. The van der Waals surface area contributed by atoms with Crippen LogP contribution in [0.3, 0.4) is 0 Å². The van der Waals surface area contributed by atoms with Crippen molar-refractivity contribution < 1.29 is 4.79 Å². The number of para-hydroxylation sites is 2. The fourth-order valence-electron chi connectivity index (χ4n) is 3.99. The molecule has 4 heterocycles. The summed E-state index contributed by atoms with van der Waals surface area (Å²) in [5.41, 5.74) is 4.73. The van der Waals surface area contributed by atoms with E-state index in [4.69, 9.17) is 0 Å². The number of benzene rings is 1. The average Bonchev–Trinajstić information content (AvgIpc) is 3.57. The molecule has 168 valence electrons. The first kappa shape index (κ1) is 21.8. The topological polar surface area (TPSA) is 61.4 Å². The third-order valence-corrected chi connectivity index (χ3v) is 7.41. The van der Waals surface area contributed by atoms with E-state index in [1.165, 1.54) is 16.9 Å². The van der Waals surface area contributed by atoms with E-state index >= 15 is 0 Å². The Hall–Kier alpha value is -3.07. The van der Waals surface area contributed by atoms with Gasteiger partial charge < -0.3 is 10.2 Å². The highest BCUT2D eigenvalue weighted by Crippen LogP contribution is 2.29. The number of aromatic nitrogens is 2. The predicted molar refractivity (Wildman–Crippen MR) is 136 cm³/mol. The van der Waals surface area contributed by atoms with Crippen LogP contribution in [0.4, 0.5) is 11.4 Å². The van der Waals surface area contributed by atoms with Gasteiger partial charge in [-0.2, -0.15) is 11.3 Å². The van der Waals surface area contributed by atoms with Crippen LogP contribution in [0.2, 0.25) is 0 Å². The van der Waals surface area contributed by atoms with E-state index in [1.807, 2.05) is 52.8 Å². The number of carbonyl (C=O) groups is 1. The Labute approximate surface area is 201 Å². The summed E-state index contributed by atoms with van der Waals surface area (Å²) in [5, 5.41) is 9.85. The Kier molecular flexibility index (Phi) is 6.76. The lowest BCUT2D eigenvalue weighted by Gasteiger charge is -2.37. The zero-order valence-electron chi connectivity index (χ0n) is 18.2. The molecule has 0 aliphatic carbocycles. The van der Waals surface area contributed by atoms with E-state index in [0.29, 0.717) is 5.69 Å². The smallest absolute Gasteiger partial charge is 0.275 e. The van der Waals surface area contributed by atoms with Crippen molar-refractivity contribution in [3.63, 3.8) is 0 Å². The number of pyridine rings is 1. The second-order valence-electron chi connectivity index (χ2n) is 7.96. The lowest BCUT2D eigenvalue weighted by atomic mass is 10.1. The summed E-state index contributed by atoms with van der Waals surface area (Å²) in [7, 11) is 0. The van der Waals surface area contributed by atoms with E-state index in [-0.39, 0.29) is 5.91 Å². The van der Waals surface area contributed by atoms with Gasteiger partial charge in [0.25, 0.3) is 5.91 Å². The molecule has 1 fully saturated rings. The van der Waals surface area contributed by atoms with Crippen LogP contribution in [0, 0.1) is 0 Å². The summed E-state index contributed by atoms with van der Waals surface area (Å²) >= 11 is 3.13. The molecular weight excluding hydrogens is 450 g/mol. The molecule has 0 bridgehead atoms. The van der Waals surface area contributed by atoms with Crippen molar-refractivity contribution in [3.8, 4) is 10.6 Å². The summed E-state index contributed by atoms with van der Waals surface area (Å²) < 4.78 is 0. The lowest BCUT2D eigenvalue weighted by molar-refractivity contribution is 0.102. The van der Waals surface area contributed by atoms with Crippen LogP contribution < -0.4 is 10.2 Å². The van der Waals surface area contributed by atoms with Crippen LogP contribution in [-0.2, 0) is 6.42 Å². The molecule has 1 aromatic carbocycles. The number of amides is 1. The molecule has 1 amide bonds. The van der Waals surface area contributed by atoms with Gasteiger partial charge in [0.2, 0.25) is 0 Å². The Balaban J connectivity index is 1.20. The van der Waals surface area contributed by atoms with Gasteiger partial charge in [-0.25, -0.2) is 4.98 Å². The van der Waals surface area contributed by atoms with Crippen molar-refractivity contribution in [1.82, 2.24) is 14.9 Å². The minimum absolute atomic E-state index is 0.170. The Morgan fingerprint density at radius 1 is 1.00 bits per heavy atom. The Morgan fingerprint density at radius 3 is 2.61 bits per heavy atom. The van der Waals surface area contributed by atoms with Crippen molar-refractivity contribution in [2.75, 3.05) is 42.9 Å². The molecule has 8 heteroatoms. The molecule has 1 aliphatic rings. The normalized spacial score (nSPS) is 14.4. The molecule has 0 atom stereocenters. The molecule has 0 unspecified atom stereocenters. The second kappa shape index (κ2) is 10.2. The second-order valence-corrected chi connectivity index (χ2v) is 9.59. The number of piperazine rings is 1. The summed E-state index contributed by atoms with van der Waals surface area (Å²) in [6, 6.07) is 14.2. The molecule has 3 aromatic heterocycles. The van der Waals surface area contributed by atoms with Gasteiger partial charge in [-0.1, -0.05) is 12.1 Å². The standard InChI is InChI=1S/C25H25N5OS2/c31-24(22-18-33-25(28-22)20-8-16-32-17-20)27-21-3-1-2-4-23(21)30-14-12-29(13-15-30)11-7-19-5-9-26-10-6-19/h1-6,8-10,16-18H,7,11-15H2,(H,27,31). The first-order valence-electron chi connectivity index (χ1n) is 11.0. The molecule has 1 N–H and O–H groups in total. The first-order valence-corrected chi connectivity index (χ1v) is 12.8. The van der Waals surface area contributed by atoms with Crippen LogP contribution in [0.5, 0.6) is 0 Å². The number of thiazole rings is 1. The van der Waals surface area contributed by atoms with E-state index in [9.17, 15) is 4.79 Å². The fourth-order valence-corrected chi connectivity index (χ4v) is 5.50. The van der Waals surface area contributed by atoms with Gasteiger partial charge in [0.1, 0.15) is 10.7 Å². The molecule has 4 aromatic rings. The minimum Gasteiger partial charge on any atom is -0.367 e. The predicted octanol–water partition coefficient (Wildman–Crippen LogP) is 4.88. The van der Waals surface area contributed by atoms with Crippen molar-refractivity contribution in [1.29, 1.82) is 0 Å². The third-order valence-electron chi connectivity index (χ3n) is 5.84. The number of nitrogens with zero attached hydrogens (tertiary/aromatic N) is 4. The van der Waals surface area contributed by atoms with E-state index in [0.717, 1.165) is 61.1 Å². The van der Waals surface area contributed by atoms with E-state index < -0.39 is 0 Å². The van der Waals surface area contributed by atoms with Gasteiger partial charge in [0.15, 0.2) is 0 Å². The number of carbonyl (C=O) groups excluding carboxylic acids is 1. The molecule has 1 saturated heterocycles. The Morgan fingerprint density at radius 2 is 1.82 bits per heavy atom. The van der Waals surface area contributed by atoms with Gasteiger partial charge in [0, 0.05) is 61.4 Å². The maximum Gasteiger partial charge on any atom is 0.275 e. The van der Waals surface area contributed by atoms with Gasteiger partial charge in [-0.15, -0.1) is 11.3 Å². The van der Waals surface area contributed by atoms with Crippen LogP contribution in [0.25, 0.3) is 10.6 Å². The molecule has 0 saturated carbocycles. The maximum atomic E-state index is 12.9. The highest BCUT2D eigenvalue weighted by molar-refractivity contribution is 7.14. The van der Waals surface area contributed by atoms with Crippen molar-refractivity contribution in [2.45, 2.75) is 6.42 Å². The zero-order chi connectivity index (χ0) is 22.5. The summed E-state index contributed by atoms with van der Waals surface area (Å²) in [6.45, 7) is 4.92. The van der Waals surface area contributed by atoms with Crippen LogP contribution in [-0.4, -0.2) is 53.5 Å². The summed E-state index contributed by atoms with van der Waals surface area (Å²) in [6.07, 6.45) is 4.75. The summed E-state index contributed by atoms with van der Waals surface area (Å²) in [4.78, 5) is 26.4. The van der Waals surface area contributed by atoms with Crippen molar-refractivity contribution in [3.05, 3.63) is 82.3 Å². The number of anilines is 2. The lowest BCUT2D eigenvalue weighted by Crippen LogP contribution is -2.47. The number of thiophene rings is 1. The molecule has 33 heavy (non-hydrogen) atoms.